The number of carbonyl (C=O) groups is 1. The van der Waals surface area contributed by atoms with Crippen LogP contribution in [0.25, 0.3) is 0 Å². The van der Waals surface area contributed by atoms with Gasteiger partial charge in [-0.1, -0.05) is 0 Å². The van der Waals surface area contributed by atoms with Gasteiger partial charge in [0.25, 0.3) is 0 Å². The average molecular weight is 223 g/mol. The van der Waals surface area contributed by atoms with Gasteiger partial charge >= 0.3 is 5.97 Å². The van der Waals surface area contributed by atoms with Crippen molar-refractivity contribution in [2.45, 2.75) is 31.8 Å². The molecule has 5 nitrogen and oxygen atoms in total. The Kier molecular flexibility index (Phi) is 3.56. The minimum atomic E-state index is -0.718. The molecule has 0 saturated carbocycles. The van der Waals surface area contributed by atoms with Crippen molar-refractivity contribution in [3.05, 3.63) is 18.5 Å². The zero-order chi connectivity index (χ0) is 11.4. The second-order valence-corrected chi connectivity index (χ2v) is 4.20. The summed E-state index contributed by atoms with van der Waals surface area (Å²) in [6.45, 7) is 2.53. The number of carboxylic acids is 1. The van der Waals surface area contributed by atoms with Gasteiger partial charge in [-0.25, -0.2) is 0 Å². The Morgan fingerprint density at radius 2 is 2.44 bits per heavy atom. The van der Waals surface area contributed by atoms with Gasteiger partial charge in [0.15, 0.2) is 0 Å². The molecule has 1 atom stereocenters. The van der Waals surface area contributed by atoms with Gasteiger partial charge < -0.3 is 5.11 Å². The first-order valence-electron chi connectivity index (χ1n) is 5.69. The third kappa shape index (κ3) is 2.82. The summed E-state index contributed by atoms with van der Waals surface area (Å²) in [5.41, 5.74) is 0. The lowest BCUT2D eigenvalue weighted by molar-refractivity contribution is -0.137. The molecule has 0 unspecified atom stereocenters. The van der Waals surface area contributed by atoms with Crippen LogP contribution in [0.5, 0.6) is 0 Å². The van der Waals surface area contributed by atoms with Crippen LogP contribution in [0.3, 0.4) is 0 Å². The third-order valence-electron chi connectivity index (χ3n) is 3.07. The van der Waals surface area contributed by atoms with E-state index in [-0.39, 0.29) is 6.42 Å². The van der Waals surface area contributed by atoms with Crippen molar-refractivity contribution < 1.29 is 9.90 Å². The molecule has 5 heteroatoms. The molecule has 2 rings (SSSR count). The molecule has 2 heterocycles. The molecular weight excluding hydrogens is 206 g/mol. The number of hydrogen-bond acceptors (Lipinski definition) is 3. The van der Waals surface area contributed by atoms with E-state index >= 15 is 0 Å². The summed E-state index contributed by atoms with van der Waals surface area (Å²) in [7, 11) is 0. The summed E-state index contributed by atoms with van der Waals surface area (Å²) in [5.74, 6) is -0.718. The zero-order valence-electron chi connectivity index (χ0n) is 9.25. The second-order valence-electron chi connectivity index (χ2n) is 4.20. The molecule has 1 aromatic rings. The van der Waals surface area contributed by atoms with Gasteiger partial charge in [-0.15, -0.1) is 0 Å². The molecule has 0 radical (unpaired) electrons. The molecule has 0 amide bonds. The molecule has 1 aromatic heterocycles. The fraction of sp³-hybridized carbons (Fsp3) is 0.636. The molecule has 1 N–H and O–H groups in total. The fourth-order valence-corrected chi connectivity index (χ4v) is 2.26. The monoisotopic (exact) mass is 223 g/mol. The maximum atomic E-state index is 10.5. The SMILES string of the molecule is O=C(O)CCN1CCC[C@@H]1Cn1cccn1. The lowest BCUT2D eigenvalue weighted by atomic mass is 10.2. The quantitative estimate of drug-likeness (QED) is 0.803. The maximum Gasteiger partial charge on any atom is 0.304 e. The topological polar surface area (TPSA) is 58.4 Å². The minimum absolute atomic E-state index is 0.232. The van der Waals surface area contributed by atoms with Crippen molar-refractivity contribution in [1.29, 1.82) is 0 Å². The van der Waals surface area contributed by atoms with Crippen LogP contribution < -0.4 is 0 Å². The van der Waals surface area contributed by atoms with Gasteiger partial charge in [0.2, 0.25) is 0 Å². The van der Waals surface area contributed by atoms with Gasteiger partial charge in [0.05, 0.1) is 13.0 Å². The van der Waals surface area contributed by atoms with Crippen molar-refractivity contribution >= 4 is 5.97 Å². The lowest BCUT2D eigenvalue weighted by Crippen LogP contribution is -2.34. The number of aromatic nitrogens is 2. The van der Waals surface area contributed by atoms with Crippen LogP contribution in [-0.4, -0.2) is 44.9 Å². The van der Waals surface area contributed by atoms with Gasteiger partial charge in [-0.05, 0) is 25.5 Å². The van der Waals surface area contributed by atoms with Crippen molar-refractivity contribution in [1.82, 2.24) is 14.7 Å². The summed E-state index contributed by atoms with van der Waals surface area (Å²) < 4.78 is 1.92. The average Bonchev–Trinajstić information content (AvgIpc) is 2.87. The number of nitrogens with zero attached hydrogens (tertiary/aromatic N) is 3. The Morgan fingerprint density at radius 1 is 1.56 bits per heavy atom. The second kappa shape index (κ2) is 5.12. The molecule has 0 spiro atoms. The first kappa shape index (κ1) is 11.1. The summed E-state index contributed by atoms with van der Waals surface area (Å²) in [4.78, 5) is 12.8. The van der Waals surface area contributed by atoms with Gasteiger partial charge in [0, 0.05) is 25.0 Å². The first-order chi connectivity index (χ1) is 7.75. The minimum Gasteiger partial charge on any atom is -0.481 e. The van der Waals surface area contributed by atoms with Gasteiger partial charge in [0.1, 0.15) is 0 Å². The third-order valence-corrected chi connectivity index (χ3v) is 3.07. The molecule has 1 saturated heterocycles. The van der Waals surface area contributed by atoms with Crippen LogP contribution >= 0.6 is 0 Å². The Bertz CT molecular complexity index is 337. The van der Waals surface area contributed by atoms with Gasteiger partial charge in [-0.3, -0.25) is 14.4 Å². The van der Waals surface area contributed by atoms with Crippen LogP contribution in [0.1, 0.15) is 19.3 Å². The van der Waals surface area contributed by atoms with Crippen LogP contribution in [0.4, 0.5) is 0 Å². The number of carboxylic acid groups (broad SMARTS) is 1. The molecule has 1 fully saturated rings. The fourth-order valence-electron chi connectivity index (χ4n) is 2.26. The normalized spacial score (nSPS) is 21.4. The summed E-state index contributed by atoms with van der Waals surface area (Å²) in [6, 6.07) is 2.36. The van der Waals surface area contributed by atoms with E-state index in [9.17, 15) is 4.79 Å². The Hall–Kier alpha value is -1.36. The Morgan fingerprint density at radius 3 is 3.12 bits per heavy atom. The van der Waals surface area contributed by atoms with Crippen LogP contribution in [0, 0.1) is 0 Å². The Labute approximate surface area is 94.7 Å². The highest BCUT2D eigenvalue weighted by molar-refractivity contribution is 5.66. The molecule has 0 bridgehead atoms. The molecule has 0 aromatic carbocycles. The molecular formula is C11H17N3O2. The molecule has 88 valence electrons. The largest absolute Gasteiger partial charge is 0.481 e. The highest BCUT2D eigenvalue weighted by atomic mass is 16.4. The predicted molar refractivity (Wildman–Crippen MR) is 59.1 cm³/mol. The standard InChI is InChI=1S/C11H17N3O2/c15-11(16)4-8-13-6-1-3-10(13)9-14-7-2-5-12-14/h2,5,7,10H,1,3-4,6,8-9H2,(H,15,16)/t10-/m1/s1. The van der Waals surface area contributed by atoms with Crippen molar-refractivity contribution in [2.24, 2.45) is 0 Å². The number of rotatable bonds is 5. The van der Waals surface area contributed by atoms with E-state index in [1.165, 1.54) is 0 Å². The van der Waals surface area contributed by atoms with E-state index in [2.05, 4.69) is 10.00 Å². The van der Waals surface area contributed by atoms with E-state index in [1.807, 2.05) is 16.9 Å². The van der Waals surface area contributed by atoms with Crippen molar-refractivity contribution in [3.8, 4) is 0 Å². The van der Waals surface area contributed by atoms with Crippen molar-refractivity contribution in [3.63, 3.8) is 0 Å². The predicted octanol–water partition coefficient (Wildman–Crippen LogP) is 0.822. The van der Waals surface area contributed by atoms with Crippen LogP contribution in [-0.2, 0) is 11.3 Å². The first-order valence-corrected chi connectivity index (χ1v) is 5.69. The Balaban J connectivity index is 1.85. The molecule has 16 heavy (non-hydrogen) atoms. The zero-order valence-corrected chi connectivity index (χ0v) is 9.25. The smallest absolute Gasteiger partial charge is 0.304 e. The number of aliphatic carboxylic acids is 1. The highest BCUT2D eigenvalue weighted by Crippen LogP contribution is 2.18. The summed E-state index contributed by atoms with van der Waals surface area (Å²) in [5, 5.41) is 12.9. The molecule has 1 aliphatic rings. The number of likely N-dealkylation sites (tertiary alicyclic amines) is 1. The summed E-state index contributed by atoms with van der Waals surface area (Å²) >= 11 is 0. The summed E-state index contributed by atoms with van der Waals surface area (Å²) in [6.07, 6.45) is 6.25. The van der Waals surface area contributed by atoms with Crippen LogP contribution in [0.15, 0.2) is 18.5 Å². The molecule has 0 aliphatic carbocycles. The highest BCUT2D eigenvalue weighted by Gasteiger charge is 2.24. The van der Waals surface area contributed by atoms with E-state index in [4.69, 9.17) is 5.11 Å². The van der Waals surface area contributed by atoms with E-state index in [0.717, 1.165) is 25.9 Å². The van der Waals surface area contributed by atoms with Crippen molar-refractivity contribution in [2.75, 3.05) is 13.1 Å². The van der Waals surface area contributed by atoms with E-state index in [0.29, 0.717) is 12.6 Å². The van der Waals surface area contributed by atoms with E-state index < -0.39 is 5.97 Å². The maximum absolute atomic E-state index is 10.5. The lowest BCUT2D eigenvalue weighted by Gasteiger charge is -2.23. The number of hydrogen-bond donors (Lipinski definition) is 1. The van der Waals surface area contributed by atoms with E-state index in [1.54, 1.807) is 6.20 Å². The van der Waals surface area contributed by atoms with Crippen LogP contribution in [0.2, 0.25) is 0 Å². The van der Waals surface area contributed by atoms with Gasteiger partial charge in [-0.2, -0.15) is 5.10 Å². The molecule has 1 aliphatic heterocycles.